The van der Waals surface area contributed by atoms with Crippen molar-refractivity contribution in [3.63, 3.8) is 0 Å². The summed E-state index contributed by atoms with van der Waals surface area (Å²) in [5.74, 6) is -4.05. The van der Waals surface area contributed by atoms with Gasteiger partial charge < -0.3 is 5.11 Å². The molecule has 1 amide bonds. The lowest BCUT2D eigenvalue weighted by atomic mass is 9.62. The summed E-state index contributed by atoms with van der Waals surface area (Å²) in [6, 6.07) is 15.3. The van der Waals surface area contributed by atoms with Gasteiger partial charge in [-0.15, -0.1) is 0 Å². The summed E-state index contributed by atoms with van der Waals surface area (Å²) in [5.41, 5.74) is -1.49. The number of amides is 1. The largest absolute Gasteiger partial charge is 0.478 e. The minimum absolute atomic E-state index is 0.0379. The first kappa shape index (κ1) is 32.9. The number of carboxylic acid groups (broad SMARTS) is 1. The van der Waals surface area contributed by atoms with E-state index in [1.54, 1.807) is 23.1 Å². The van der Waals surface area contributed by atoms with Crippen molar-refractivity contribution in [2.45, 2.75) is 77.0 Å². The highest BCUT2D eigenvalue weighted by Gasteiger charge is 2.70. The molecular weight excluding hydrogens is 619 g/mol. The van der Waals surface area contributed by atoms with Crippen LogP contribution in [-0.2, 0) is 10.2 Å². The first-order chi connectivity index (χ1) is 21.1. The molecule has 10 heteroatoms. The number of aromatic carboxylic acids is 1. The molecule has 0 spiro atoms. The lowest BCUT2D eigenvalue weighted by Crippen LogP contribution is -2.52. The number of hydrogen-bond acceptors (Lipinski definition) is 4. The van der Waals surface area contributed by atoms with Gasteiger partial charge in [0.15, 0.2) is 0 Å². The molecular formula is C35H35Cl2F2N3O3. The standard InChI is InChI=1S/C35H35Cl2F2N3O3/c1-19(2)15-28-41(22-12-9-20(10-13-22)33(44)45)32(43)31-29(23-7-6-8-25(37)30(23)39)35(18-40,24-14-11-21(36)16-26(24)38)27(42(28)31)17-34(3,4)5/h6-14,16,19,27-29,31H,15,17H2,1-5H3,(H,44,45)/t27-,28+,29?,31+,35-/m0/s1. The highest BCUT2D eigenvalue weighted by Crippen LogP contribution is 2.60. The Hall–Kier alpha value is -3.51. The number of nitriles is 1. The van der Waals surface area contributed by atoms with E-state index < -0.39 is 58.5 Å². The maximum Gasteiger partial charge on any atom is 0.335 e. The number of anilines is 1. The highest BCUT2D eigenvalue weighted by molar-refractivity contribution is 6.31. The molecule has 45 heavy (non-hydrogen) atoms. The SMILES string of the molecule is CC(C)C[C@@H]1N(c2ccc(C(=O)O)cc2)C(=O)[C@H]2C(c3cccc(Cl)c3F)[C@@](C#N)(c3ccc(Cl)cc3F)[C@H](CC(C)(C)C)N12. The van der Waals surface area contributed by atoms with Crippen LogP contribution < -0.4 is 4.90 Å². The van der Waals surface area contributed by atoms with E-state index in [2.05, 4.69) is 6.07 Å². The first-order valence-corrected chi connectivity index (χ1v) is 15.6. The van der Waals surface area contributed by atoms with Gasteiger partial charge in [-0.3, -0.25) is 14.6 Å². The molecule has 5 rings (SSSR count). The molecule has 236 valence electrons. The summed E-state index contributed by atoms with van der Waals surface area (Å²) in [7, 11) is 0. The van der Waals surface area contributed by atoms with Crippen LogP contribution in [-0.4, -0.2) is 40.1 Å². The van der Waals surface area contributed by atoms with Crippen molar-refractivity contribution in [2.75, 3.05) is 4.90 Å². The summed E-state index contributed by atoms with van der Waals surface area (Å²) in [6.07, 6.45) is 0.255. The van der Waals surface area contributed by atoms with E-state index in [0.717, 1.165) is 6.07 Å². The zero-order chi connectivity index (χ0) is 33.0. The molecule has 3 aromatic rings. The zero-order valence-electron chi connectivity index (χ0n) is 25.7. The lowest BCUT2D eigenvalue weighted by Gasteiger charge is -2.43. The molecule has 0 radical (unpaired) electrons. The van der Waals surface area contributed by atoms with E-state index in [0.29, 0.717) is 18.5 Å². The normalized spacial score (nSPS) is 25.1. The Bertz CT molecular complexity index is 1680. The molecule has 0 aromatic heterocycles. The van der Waals surface area contributed by atoms with Gasteiger partial charge in [0.25, 0.3) is 0 Å². The van der Waals surface area contributed by atoms with Crippen molar-refractivity contribution in [2.24, 2.45) is 11.3 Å². The van der Waals surface area contributed by atoms with Gasteiger partial charge in [0, 0.05) is 28.2 Å². The third-order valence-corrected chi connectivity index (χ3v) is 9.43. The second-order valence-electron chi connectivity index (χ2n) is 13.6. The lowest BCUT2D eigenvalue weighted by molar-refractivity contribution is -0.119. The smallest absolute Gasteiger partial charge is 0.335 e. The molecule has 6 nitrogen and oxygen atoms in total. The number of carbonyl (C=O) groups excluding carboxylic acids is 1. The Morgan fingerprint density at radius 3 is 2.31 bits per heavy atom. The van der Waals surface area contributed by atoms with Crippen molar-refractivity contribution in [3.05, 3.63) is 99.0 Å². The van der Waals surface area contributed by atoms with E-state index in [1.807, 2.05) is 39.5 Å². The van der Waals surface area contributed by atoms with Crippen molar-refractivity contribution >= 4 is 40.8 Å². The van der Waals surface area contributed by atoms with Crippen LogP contribution in [0.25, 0.3) is 0 Å². The predicted molar refractivity (Wildman–Crippen MR) is 170 cm³/mol. The van der Waals surface area contributed by atoms with Gasteiger partial charge in [-0.25, -0.2) is 13.6 Å². The molecule has 0 saturated carbocycles. The van der Waals surface area contributed by atoms with Gasteiger partial charge in [0.05, 0.1) is 22.8 Å². The van der Waals surface area contributed by atoms with Crippen LogP contribution in [0.15, 0.2) is 60.7 Å². The molecule has 2 aliphatic rings. The summed E-state index contributed by atoms with van der Waals surface area (Å²) in [4.78, 5) is 30.1. The van der Waals surface area contributed by atoms with Gasteiger partial charge in [-0.2, -0.15) is 5.26 Å². The van der Waals surface area contributed by atoms with Gasteiger partial charge >= 0.3 is 5.97 Å². The van der Waals surface area contributed by atoms with Gasteiger partial charge in [-0.05, 0) is 72.2 Å². The Balaban J connectivity index is 1.85. The third kappa shape index (κ3) is 5.60. The van der Waals surface area contributed by atoms with Crippen molar-refractivity contribution in [3.8, 4) is 6.07 Å². The number of benzene rings is 3. The Kier molecular flexibility index (Phi) is 8.78. The first-order valence-electron chi connectivity index (χ1n) is 14.9. The van der Waals surface area contributed by atoms with Gasteiger partial charge in [0.2, 0.25) is 5.91 Å². The fourth-order valence-corrected chi connectivity index (χ4v) is 7.60. The summed E-state index contributed by atoms with van der Waals surface area (Å²) in [6.45, 7) is 10.1. The van der Waals surface area contributed by atoms with Crippen LogP contribution in [0.2, 0.25) is 10.0 Å². The van der Waals surface area contributed by atoms with Crippen LogP contribution in [0.5, 0.6) is 0 Å². The maximum absolute atomic E-state index is 16.2. The van der Waals surface area contributed by atoms with E-state index in [9.17, 15) is 20.0 Å². The third-order valence-electron chi connectivity index (χ3n) is 8.90. The molecule has 0 bridgehead atoms. The van der Waals surface area contributed by atoms with Crippen LogP contribution in [0, 0.1) is 34.3 Å². The number of halogens is 4. The van der Waals surface area contributed by atoms with Crippen LogP contribution in [0.3, 0.4) is 0 Å². The summed E-state index contributed by atoms with van der Waals surface area (Å²) in [5, 5.41) is 20.7. The van der Waals surface area contributed by atoms with E-state index >= 15 is 8.78 Å². The Labute approximate surface area is 272 Å². The molecule has 2 aliphatic heterocycles. The number of carbonyl (C=O) groups is 2. The molecule has 2 fully saturated rings. The number of rotatable bonds is 7. The molecule has 2 saturated heterocycles. The fraction of sp³-hybridized carbons (Fsp3) is 0.400. The van der Waals surface area contributed by atoms with Crippen LogP contribution in [0.4, 0.5) is 14.5 Å². The predicted octanol–water partition coefficient (Wildman–Crippen LogP) is 8.42. The van der Waals surface area contributed by atoms with Crippen molar-refractivity contribution < 1.29 is 23.5 Å². The van der Waals surface area contributed by atoms with Crippen LogP contribution >= 0.6 is 23.2 Å². The monoisotopic (exact) mass is 653 g/mol. The molecule has 1 N–H and O–H groups in total. The number of nitrogens with zero attached hydrogens (tertiary/aromatic N) is 3. The van der Waals surface area contributed by atoms with E-state index in [1.165, 1.54) is 36.4 Å². The maximum atomic E-state index is 16.2. The van der Waals surface area contributed by atoms with E-state index in [-0.39, 0.29) is 32.7 Å². The second kappa shape index (κ2) is 12.0. The summed E-state index contributed by atoms with van der Waals surface area (Å²) < 4.78 is 32.3. The van der Waals surface area contributed by atoms with Gasteiger partial charge in [-0.1, -0.05) is 76.0 Å². The van der Waals surface area contributed by atoms with Crippen molar-refractivity contribution in [1.29, 1.82) is 5.26 Å². The average Bonchev–Trinajstić information content (AvgIpc) is 3.38. The number of carboxylic acids is 1. The van der Waals surface area contributed by atoms with Crippen LogP contribution in [0.1, 0.15) is 74.9 Å². The van der Waals surface area contributed by atoms with Gasteiger partial charge in [0.1, 0.15) is 23.1 Å². The molecule has 1 unspecified atom stereocenters. The topological polar surface area (TPSA) is 84.6 Å². The van der Waals surface area contributed by atoms with Crippen molar-refractivity contribution in [1.82, 2.24) is 4.90 Å². The Morgan fingerprint density at radius 2 is 1.76 bits per heavy atom. The summed E-state index contributed by atoms with van der Waals surface area (Å²) >= 11 is 12.5. The number of fused-ring (bicyclic) bond motifs is 1. The number of hydrogen-bond donors (Lipinski definition) is 1. The fourth-order valence-electron chi connectivity index (χ4n) is 7.25. The second-order valence-corrected chi connectivity index (χ2v) is 14.4. The average molecular weight is 655 g/mol. The quantitative estimate of drug-likeness (QED) is 0.277. The minimum atomic E-state index is -1.72. The molecule has 2 heterocycles. The molecule has 0 aliphatic carbocycles. The van der Waals surface area contributed by atoms with E-state index in [4.69, 9.17) is 23.2 Å². The zero-order valence-corrected chi connectivity index (χ0v) is 27.2. The highest BCUT2D eigenvalue weighted by atomic mass is 35.5. The minimum Gasteiger partial charge on any atom is -0.478 e. The molecule has 5 atom stereocenters. The molecule has 3 aromatic carbocycles. The Morgan fingerprint density at radius 1 is 1.09 bits per heavy atom.